The van der Waals surface area contributed by atoms with Crippen molar-refractivity contribution < 1.29 is 4.79 Å². The Kier molecular flexibility index (Phi) is 3.00. The zero-order chi connectivity index (χ0) is 12.6. The van der Waals surface area contributed by atoms with Crippen LogP contribution in [0.2, 0.25) is 0 Å². The zero-order valence-corrected chi connectivity index (χ0v) is 11.7. The van der Waals surface area contributed by atoms with Gasteiger partial charge in [-0.1, -0.05) is 6.07 Å². The fourth-order valence-corrected chi connectivity index (χ4v) is 3.31. The van der Waals surface area contributed by atoms with Crippen molar-refractivity contribution in [1.82, 2.24) is 0 Å². The molecule has 0 aromatic heterocycles. The maximum Gasteiger partial charge on any atom is 0.235 e. The lowest BCUT2D eigenvalue weighted by atomic mass is 10.1. The number of hydrogen-bond donors (Lipinski definition) is 0. The van der Waals surface area contributed by atoms with E-state index >= 15 is 0 Å². The molecule has 0 bridgehead atoms. The maximum absolute atomic E-state index is 10.5. The smallest absolute Gasteiger partial charge is 0.235 e. The van der Waals surface area contributed by atoms with Gasteiger partial charge in [0.05, 0.1) is 11.2 Å². The van der Waals surface area contributed by atoms with Crippen LogP contribution in [0.3, 0.4) is 0 Å². The monoisotopic (exact) mass is 306 g/mol. The van der Waals surface area contributed by atoms with Crippen molar-refractivity contribution in [2.45, 2.75) is 31.2 Å². The van der Waals surface area contributed by atoms with Crippen LogP contribution in [0.25, 0.3) is 0 Å². The van der Waals surface area contributed by atoms with Gasteiger partial charge in [-0.2, -0.15) is 4.99 Å². The van der Waals surface area contributed by atoms with Crippen LogP contribution in [0.1, 0.15) is 31.2 Å². The minimum atomic E-state index is -0.270. The first-order valence-electron chi connectivity index (χ1n) is 6.39. The van der Waals surface area contributed by atoms with Crippen molar-refractivity contribution in [3.63, 3.8) is 0 Å². The molecule has 1 aromatic carbocycles. The summed E-state index contributed by atoms with van der Waals surface area (Å²) in [7, 11) is 0. The summed E-state index contributed by atoms with van der Waals surface area (Å²) in [5.74, 6) is 0. The zero-order valence-electron chi connectivity index (χ0n) is 10.2. The van der Waals surface area contributed by atoms with Gasteiger partial charge in [0, 0.05) is 17.6 Å². The van der Waals surface area contributed by atoms with Gasteiger partial charge in [-0.15, -0.1) is 0 Å². The largest absolute Gasteiger partial charge is 0.371 e. The number of rotatable bonds is 3. The number of carbonyl (C=O) groups excluding carboxylic acids is 1. The third-order valence-electron chi connectivity index (χ3n) is 3.92. The van der Waals surface area contributed by atoms with Gasteiger partial charge in [-0.25, -0.2) is 4.79 Å². The third kappa shape index (κ3) is 2.00. The Hall–Kier alpha value is -1.12. The molecule has 0 N–H and O–H groups in total. The van der Waals surface area contributed by atoms with E-state index in [1.165, 1.54) is 18.5 Å². The van der Waals surface area contributed by atoms with Crippen molar-refractivity contribution in [2.75, 3.05) is 18.0 Å². The fourth-order valence-electron chi connectivity index (χ4n) is 2.68. The summed E-state index contributed by atoms with van der Waals surface area (Å²) in [6.45, 7) is 2.27. The molecule has 3 nitrogen and oxygen atoms in total. The van der Waals surface area contributed by atoms with Gasteiger partial charge < -0.3 is 4.90 Å². The highest BCUT2D eigenvalue weighted by Crippen LogP contribution is 2.50. The summed E-state index contributed by atoms with van der Waals surface area (Å²) < 4.78 is 1.11. The topological polar surface area (TPSA) is 32.7 Å². The molecular formula is C14H15BrN2O. The first-order chi connectivity index (χ1) is 8.75. The third-order valence-corrected chi connectivity index (χ3v) is 4.55. The molecule has 94 valence electrons. The molecule has 3 rings (SSSR count). The van der Waals surface area contributed by atoms with Gasteiger partial charge in [0.25, 0.3) is 0 Å². The van der Waals surface area contributed by atoms with Crippen molar-refractivity contribution in [3.05, 3.63) is 28.2 Å². The second-order valence-electron chi connectivity index (χ2n) is 5.10. The van der Waals surface area contributed by atoms with Crippen LogP contribution in [-0.4, -0.2) is 19.2 Å². The lowest BCUT2D eigenvalue weighted by molar-refractivity contribution is 0.556. The van der Waals surface area contributed by atoms with E-state index in [4.69, 9.17) is 0 Å². The van der Waals surface area contributed by atoms with Crippen molar-refractivity contribution in [1.29, 1.82) is 0 Å². The first-order valence-corrected chi connectivity index (χ1v) is 7.18. The first kappa shape index (κ1) is 11.9. The van der Waals surface area contributed by atoms with E-state index in [9.17, 15) is 4.79 Å². The second-order valence-corrected chi connectivity index (χ2v) is 5.95. The lowest BCUT2D eigenvalue weighted by Crippen LogP contribution is -2.18. The van der Waals surface area contributed by atoms with E-state index < -0.39 is 0 Å². The molecule has 1 saturated carbocycles. The quantitative estimate of drug-likeness (QED) is 0.633. The predicted molar refractivity (Wildman–Crippen MR) is 74.6 cm³/mol. The van der Waals surface area contributed by atoms with Gasteiger partial charge in [0.2, 0.25) is 6.08 Å². The predicted octanol–water partition coefficient (Wildman–Crippen LogP) is 3.37. The Morgan fingerprint density at radius 2 is 2.00 bits per heavy atom. The summed E-state index contributed by atoms with van der Waals surface area (Å²) in [5.41, 5.74) is 2.11. The molecular weight excluding hydrogens is 292 g/mol. The average molecular weight is 307 g/mol. The summed E-state index contributed by atoms with van der Waals surface area (Å²) in [4.78, 5) is 16.8. The Balaban J connectivity index is 1.91. The number of benzene rings is 1. The molecule has 0 unspecified atom stereocenters. The van der Waals surface area contributed by atoms with Crippen molar-refractivity contribution in [2.24, 2.45) is 4.99 Å². The summed E-state index contributed by atoms with van der Waals surface area (Å²) in [6, 6.07) is 6.36. The van der Waals surface area contributed by atoms with Crippen LogP contribution in [0.4, 0.5) is 5.69 Å². The number of nitrogens with zero attached hydrogens (tertiary/aromatic N) is 2. The van der Waals surface area contributed by atoms with Gasteiger partial charge in [0.15, 0.2) is 0 Å². The standard InChI is InChI=1S/C14H15BrN2O/c15-12-9-11(14(5-6-14)16-10-18)3-4-13(12)17-7-1-2-8-17/h3-4,9H,1-2,5-8H2. The van der Waals surface area contributed by atoms with E-state index in [0.29, 0.717) is 0 Å². The number of halogens is 1. The van der Waals surface area contributed by atoms with Gasteiger partial charge in [0.1, 0.15) is 0 Å². The molecule has 0 atom stereocenters. The van der Waals surface area contributed by atoms with E-state index in [1.54, 1.807) is 6.08 Å². The van der Waals surface area contributed by atoms with Crippen LogP contribution in [-0.2, 0) is 10.3 Å². The Morgan fingerprint density at radius 3 is 2.56 bits per heavy atom. The maximum atomic E-state index is 10.5. The summed E-state index contributed by atoms with van der Waals surface area (Å²) in [6.07, 6.45) is 6.16. The van der Waals surface area contributed by atoms with Crippen molar-refractivity contribution >= 4 is 27.7 Å². The van der Waals surface area contributed by atoms with Crippen LogP contribution >= 0.6 is 15.9 Å². The molecule has 1 aromatic rings. The molecule has 0 amide bonds. The van der Waals surface area contributed by atoms with Gasteiger partial charge in [-0.05, 0) is 59.3 Å². The molecule has 2 fully saturated rings. The van der Waals surface area contributed by atoms with E-state index in [0.717, 1.165) is 36.0 Å². The highest BCUT2D eigenvalue weighted by atomic mass is 79.9. The van der Waals surface area contributed by atoms with Gasteiger partial charge >= 0.3 is 0 Å². The number of hydrogen-bond acceptors (Lipinski definition) is 3. The SMILES string of the molecule is O=C=NC1(c2ccc(N3CCCC3)c(Br)c2)CC1. The lowest BCUT2D eigenvalue weighted by Gasteiger charge is -2.20. The van der Waals surface area contributed by atoms with Crippen LogP contribution in [0.5, 0.6) is 0 Å². The highest BCUT2D eigenvalue weighted by molar-refractivity contribution is 9.10. The Labute approximate surface area is 115 Å². The number of isocyanates is 1. The molecule has 18 heavy (non-hydrogen) atoms. The highest BCUT2D eigenvalue weighted by Gasteiger charge is 2.45. The number of anilines is 1. The molecule has 4 heteroatoms. The molecule has 1 aliphatic carbocycles. The van der Waals surface area contributed by atoms with Crippen LogP contribution in [0.15, 0.2) is 27.7 Å². The molecule has 0 spiro atoms. The minimum Gasteiger partial charge on any atom is -0.371 e. The normalized spacial score (nSPS) is 20.6. The summed E-state index contributed by atoms with van der Waals surface area (Å²) >= 11 is 3.65. The molecule has 1 heterocycles. The van der Waals surface area contributed by atoms with E-state index in [2.05, 4.69) is 44.0 Å². The second kappa shape index (κ2) is 4.52. The van der Waals surface area contributed by atoms with E-state index in [-0.39, 0.29) is 5.54 Å². The van der Waals surface area contributed by atoms with Gasteiger partial charge in [-0.3, -0.25) is 0 Å². The van der Waals surface area contributed by atoms with Crippen molar-refractivity contribution in [3.8, 4) is 0 Å². The fraction of sp³-hybridized carbons (Fsp3) is 0.500. The minimum absolute atomic E-state index is 0.270. The Morgan fingerprint density at radius 1 is 1.28 bits per heavy atom. The average Bonchev–Trinajstić information content (AvgIpc) is 2.95. The van der Waals surface area contributed by atoms with Crippen LogP contribution in [0, 0.1) is 0 Å². The summed E-state index contributed by atoms with van der Waals surface area (Å²) in [5, 5.41) is 0. The Bertz CT molecular complexity index is 513. The van der Waals surface area contributed by atoms with Crippen LogP contribution < -0.4 is 4.90 Å². The molecule has 0 radical (unpaired) electrons. The molecule has 2 aliphatic rings. The van der Waals surface area contributed by atoms with E-state index in [1.807, 2.05) is 0 Å². The number of aliphatic imine (C=N–C) groups is 1. The molecule has 1 aliphatic heterocycles. The molecule has 1 saturated heterocycles.